The van der Waals surface area contributed by atoms with Gasteiger partial charge in [-0.15, -0.1) is 0 Å². The molecule has 2 fully saturated rings. The molecule has 2 saturated heterocycles. The van der Waals surface area contributed by atoms with Crippen molar-refractivity contribution in [3.8, 4) is 5.75 Å². The third-order valence-electron chi connectivity index (χ3n) is 6.98. The van der Waals surface area contributed by atoms with E-state index in [2.05, 4.69) is 17.0 Å². The molecule has 0 bridgehead atoms. The maximum absolute atomic E-state index is 12.4. The highest BCUT2D eigenvalue weighted by Crippen LogP contribution is 2.37. The van der Waals surface area contributed by atoms with Gasteiger partial charge in [-0.3, -0.25) is 4.90 Å². The number of nitrogens with zero attached hydrogens (tertiary/aromatic N) is 3. The largest absolute Gasteiger partial charge is 0.494 e. The molecule has 2 atom stereocenters. The van der Waals surface area contributed by atoms with Crippen LogP contribution in [0.2, 0.25) is 0 Å². The van der Waals surface area contributed by atoms with Crippen LogP contribution in [-0.4, -0.2) is 78.3 Å². The summed E-state index contributed by atoms with van der Waals surface area (Å²) in [5, 5.41) is 11.2. The van der Waals surface area contributed by atoms with Gasteiger partial charge in [0.25, 0.3) is 0 Å². The van der Waals surface area contributed by atoms with Crippen LogP contribution >= 0.6 is 0 Å². The van der Waals surface area contributed by atoms with E-state index in [4.69, 9.17) is 4.74 Å². The summed E-state index contributed by atoms with van der Waals surface area (Å²) in [5.41, 5.74) is 3.53. The number of carbonyl (C=O) groups excluding carboxylic acids is 1. The number of amides is 2. The Kier molecular flexibility index (Phi) is 5.76. The zero-order valence-corrected chi connectivity index (χ0v) is 18.1. The highest BCUT2D eigenvalue weighted by Gasteiger charge is 2.46. The van der Waals surface area contributed by atoms with E-state index in [1.165, 1.54) is 29.5 Å². The van der Waals surface area contributed by atoms with E-state index in [0.717, 1.165) is 38.2 Å². The minimum absolute atomic E-state index is 0.0430. The zero-order valence-electron chi connectivity index (χ0n) is 18.1. The van der Waals surface area contributed by atoms with Crippen molar-refractivity contribution in [2.45, 2.75) is 51.2 Å². The predicted molar refractivity (Wildman–Crippen MR) is 113 cm³/mol. The summed E-state index contributed by atoms with van der Waals surface area (Å²) in [6.45, 7) is 6.53. The van der Waals surface area contributed by atoms with Crippen LogP contribution < -0.4 is 4.74 Å². The normalized spacial score (nSPS) is 26.8. The number of hydrogen-bond acceptors (Lipinski definition) is 4. The molecule has 0 aromatic heterocycles. The molecular formula is C23H35N3O3. The fourth-order valence-electron chi connectivity index (χ4n) is 5.28. The van der Waals surface area contributed by atoms with Gasteiger partial charge in [-0.25, -0.2) is 4.79 Å². The van der Waals surface area contributed by atoms with Crippen molar-refractivity contribution < 1.29 is 14.6 Å². The van der Waals surface area contributed by atoms with Crippen LogP contribution in [0.25, 0.3) is 0 Å². The highest BCUT2D eigenvalue weighted by atomic mass is 16.5. The molecule has 1 aromatic rings. The minimum Gasteiger partial charge on any atom is -0.494 e. The molecule has 3 aliphatic rings. The van der Waals surface area contributed by atoms with Crippen molar-refractivity contribution in [2.75, 3.05) is 46.9 Å². The predicted octanol–water partition coefficient (Wildman–Crippen LogP) is 2.51. The second-order valence-electron chi connectivity index (χ2n) is 9.17. The monoisotopic (exact) mass is 401 g/mol. The molecule has 6 heteroatoms. The van der Waals surface area contributed by atoms with Gasteiger partial charge in [0, 0.05) is 58.3 Å². The average molecular weight is 402 g/mol. The molecule has 6 nitrogen and oxygen atoms in total. The van der Waals surface area contributed by atoms with E-state index < -0.39 is 5.60 Å². The summed E-state index contributed by atoms with van der Waals surface area (Å²) in [6, 6.07) is 4.64. The lowest BCUT2D eigenvalue weighted by atomic mass is 9.75. The van der Waals surface area contributed by atoms with Crippen molar-refractivity contribution in [3.05, 3.63) is 28.8 Å². The van der Waals surface area contributed by atoms with Crippen molar-refractivity contribution in [1.82, 2.24) is 14.7 Å². The lowest BCUT2D eigenvalue weighted by molar-refractivity contribution is -0.108. The number of benzene rings is 1. The lowest BCUT2D eigenvalue weighted by Gasteiger charge is -2.50. The number of rotatable bonds is 4. The topological polar surface area (TPSA) is 56.3 Å². The molecule has 1 N–H and O–H groups in total. The fraction of sp³-hybridized carbons (Fsp3) is 0.696. The van der Waals surface area contributed by atoms with E-state index >= 15 is 0 Å². The Labute approximate surface area is 174 Å². The Morgan fingerprint density at radius 3 is 2.66 bits per heavy atom. The second-order valence-corrected chi connectivity index (χ2v) is 9.17. The van der Waals surface area contributed by atoms with Gasteiger partial charge in [0.05, 0.1) is 12.2 Å². The van der Waals surface area contributed by atoms with Crippen molar-refractivity contribution in [2.24, 2.45) is 5.92 Å². The third kappa shape index (κ3) is 4.10. The number of aliphatic hydroxyl groups is 1. The molecule has 0 radical (unpaired) electrons. The Morgan fingerprint density at radius 2 is 1.93 bits per heavy atom. The molecular weight excluding hydrogens is 366 g/mol. The molecule has 0 saturated carbocycles. The number of urea groups is 1. The van der Waals surface area contributed by atoms with Crippen molar-refractivity contribution >= 4 is 6.03 Å². The van der Waals surface area contributed by atoms with Gasteiger partial charge in [0.15, 0.2) is 0 Å². The SMILES string of the molecule is CCOc1cc2c(cc1CN1CC[C@]3(O)CCN(C(=O)N(C)C)C[C@@H]3C1)CCC2. The maximum Gasteiger partial charge on any atom is 0.319 e. The lowest BCUT2D eigenvalue weighted by Crippen LogP contribution is -2.61. The van der Waals surface area contributed by atoms with Crippen LogP contribution in [0.1, 0.15) is 42.9 Å². The average Bonchev–Trinajstić information content (AvgIpc) is 3.15. The van der Waals surface area contributed by atoms with Crippen LogP contribution in [-0.2, 0) is 19.4 Å². The molecule has 1 aliphatic carbocycles. The van der Waals surface area contributed by atoms with Crippen LogP contribution in [0.3, 0.4) is 0 Å². The summed E-state index contributed by atoms with van der Waals surface area (Å²) < 4.78 is 5.97. The summed E-state index contributed by atoms with van der Waals surface area (Å²) in [6.07, 6.45) is 5.01. The molecule has 160 valence electrons. The van der Waals surface area contributed by atoms with E-state index in [0.29, 0.717) is 26.1 Å². The number of piperidine rings is 2. The first-order valence-electron chi connectivity index (χ1n) is 11.1. The standard InChI is InChI=1S/C23H35N3O3/c1-4-29-21-13-18-7-5-6-17(18)12-19(21)14-25-10-8-23(28)9-11-26(16-20(23)15-25)22(27)24(2)3/h12-13,20,28H,4-11,14-16H2,1-3H3/t20-,23-/m0/s1. The number of ether oxygens (including phenoxy) is 1. The quantitative estimate of drug-likeness (QED) is 0.842. The summed E-state index contributed by atoms with van der Waals surface area (Å²) in [4.78, 5) is 18.4. The number of hydrogen-bond donors (Lipinski definition) is 1. The number of fused-ring (bicyclic) bond motifs is 2. The number of likely N-dealkylation sites (tertiary alicyclic amines) is 2. The van der Waals surface area contributed by atoms with Crippen LogP contribution in [0.4, 0.5) is 4.79 Å². The Bertz CT molecular complexity index is 766. The van der Waals surface area contributed by atoms with Gasteiger partial charge < -0.3 is 19.6 Å². The van der Waals surface area contributed by atoms with E-state index in [1.54, 1.807) is 19.0 Å². The van der Waals surface area contributed by atoms with E-state index in [1.807, 2.05) is 11.8 Å². The van der Waals surface area contributed by atoms with Gasteiger partial charge in [0.2, 0.25) is 0 Å². The van der Waals surface area contributed by atoms with Crippen molar-refractivity contribution in [1.29, 1.82) is 0 Å². The molecule has 4 rings (SSSR count). The van der Waals surface area contributed by atoms with E-state index in [-0.39, 0.29) is 11.9 Å². The van der Waals surface area contributed by atoms with Crippen molar-refractivity contribution in [3.63, 3.8) is 0 Å². The number of carbonyl (C=O) groups is 1. The molecule has 2 aliphatic heterocycles. The summed E-state index contributed by atoms with van der Waals surface area (Å²) >= 11 is 0. The first-order valence-corrected chi connectivity index (χ1v) is 11.1. The number of aryl methyl sites for hydroxylation is 2. The minimum atomic E-state index is -0.639. The second kappa shape index (κ2) is 8.15. The van der Waals surface area contributed by atoms with Crippen LogP contribution in [0, 0.1) is 5.92 Å². The summed E-state index contributed by atoms with van der Waals surface area (Å²) in [5.74, 6) is 1.11. The molecule has 0 spiro atoms. The van der Waals surface area contributed by atoms with E-state index in [9.17, 15) is 9.90 Å². The highest BCUT2D eigenvalue weighted by molar-refractivity contribution is 5.74. The Morgan fingerprint density at radius 1 is 1.21 bits per heavy atom. The molecule has 2 heterocycles. The van der Waals surface area contributed by atoms with Crippen LogP contribution in [0.5, 0.6) is 5.75 Å². The first-order chi connectivity index (χ1) is 13.9. The van der Waals surface area contributed by atoms with Gasteiger partial charge in [-0.2, -0.15) is 0 Å². The summed E-state index contributed by atoms with van der Waals surface area (Å²) in [7, 11) is 3.58. The van der Waals surface area contributed by atoms with Gasteiger partial charge in [0.1, 0.15) is 5.75 Å². The molecule has 1 aromatic carbocycles. The zero-order chi connectivity index (χ0) is 20.6. The molecule has 29 heavy (non-hydrogen) atoms. The van der Waals surface area contributed by atoms with Gasteiger partial charge in [-0.05, 0) is 56.2 Å². The third-order valence-corrected chi connectivity index (χ3v) is 6.98. The smallest absolute Gasteiger partial charge is 0.319 e. The van der Waals surface area contributed by atoms with Gasteiger partial charge >= 0.3 is 6.03 Å². The molecule has 0 unspecified atom stereocenters. The van der Waals surface area contributed by atoms with Crippen LogP contribution in [0.15, 0.2) is 12.1 Å². The Hall–Kier alpha value is -1.79. The Balaban J connectivity index is 1.48. The maximum atomic E-state index is 12.4. The first kappa shape index (κ1) is 20.5. The van der Waals surface area contributed by atoms with Gasteiger partial charge in [-0.1, -0.05) is 6.07 Å². The fourth-order valence-corrected chi connectivity index (χ4v) is 5.28. The molecule has 2 amide bonds.